The Morgan fingerprint density at radius 3 is 2.38 bits per heavy atom. The topological polar surface area (TPSA) is 131 Å². The van der Waals surface area contributed by atoms with Gasteiger partial charge in [-0.2, -0.15) is 0 Å². The number of hydrogen-bond donors (Lipinski definition) is 0. The van der Waals surface area contributed by atoms with E-state index in [1.165, 1.54) is 0 Å². The Morgan fingerprint density at radius 2 is 1.94 bits per heavy atom. The third kappa shape index (κ3) is 7.06. The predicted octanol–water partition coefficient (Wildman–Crippen LogP) is -0.499. The van der Waals surface area contributed by atoms with E-state index in [-0.39, 0.29) is 0 Å². The number of carbonyl (C=O) groups is 1. The van der Waals surface area contributed by atoms with Crippen LogP contribution in [0.25, 0.3) is 0 Å². The van der Waals surface area contributed by atoms with E-state index < -0.39 is 35.5 Å². The number of nitrogens with zero attached hydrogens (tertiary/aromatic N) is 2. The lowest BCUT2D eigenvalue weighted by Crippen LogP contribution is -2.30. The van der Waals surface area contributed by atoms with Crippen molar-refractivity contribution in [2.24, 2.45) is 0 Å². The Kier molecular flexibility index (Phi) is 5.93. The minimum atomic E-state index is -1.37. The molecular weight excluding hydrogens is 228 g/mol. The quantitative estimate of drug-likeness (QED) is 0.238. The standard InChI is InChI=1S/C6H8N2O8/c1-2-6(9)14-3-5(16-8(12)13)4-15-7(10)11/h2,5H,1,3-4H2. The van der Waals surface area contributed by atoms with Gasteiger partial charge in [0, 0.05) is 6.08 Å². The van der Waals surface area contributed by atoms with E-state index in [1.807, 2.05) is 0 Å². The van der Waals surface area contributed by atoms with Gasteiger partial charge >= 0.3 is 5.97 Å². The molecule has 0 aromatic carbocycles. The van der Waals surface area contributed by atoms with Gasteiger partial charge in [-0.05, 0) is 0 Å². The fraction of sp³-hybridized carbons (Fsp3) is 0.500. The van der Waals surface area contributed by atoms with Gasteiger partial charge in [-0.25, -0.2) is 4.79 Å². The molecule has 0 aliphatic carbocycles. The average Bonchev–Trinajstić information content (AvgIpc) is 2.20. The molecule has 0 fully saturated rings. The van der Waals surface area contributed by atoms with E-state index in [9.17, 15) is 25.0 Å². The molecule has 0 radical (unpaired) electrons. The van der Waals surface area contributed by atoms with Crippen molar-refractivity contribution in [3.8, 4) is 0 Å². The van der Waals surface area contributed by atoms with E-state index >= 15 is 0 Å². The molecule has 0 aromatic heterocycles. The average molecular weight is 236 g/mol. The molecule has 1 unspecified atom stereocenters. The lowest BCUT2D eigenvalue weighted by molar-refractivity contribution is -0.790. The molecule has 0 heterocycles. The number of rotatable bonds is 8. The summed E-state index contributed by atoms with van der Waals surface area (Å²) < 4.78 is 4.40. The molecule has 10 nitrogen and oxygen atoms in total. The van der Waals surface area contributed by atoms with Gasteiger partial charge in [-0.15, -0.1) is 20.2 Å². The van der Waals surface area contributed by atoms with Crippen LogP contribution < -0.4 is 0 Å². The Labute approximate surface area is 88.6 Å². The van der Waals surface area contributed by atoms with Crippen LogP contribution in [0.2, 0.25) is 0 Å². The van der Waals surface area contributed by atoms with Crippen LogP contribution in [0.5, 0.6) is 0 Å². The van der Waals surface area contributed by atoms with Gasteiger partial charge in [0.2, 0.25) is 0 Å². The maximum Gasteiger partial charge on any atom is 0.330 e. The highest BCUT2D eigenvalue weighted by Gasteiger charge is 2.17. The van der Waals surface area contributed by atoms with Crippen LogP contribution in [0.4, 0.5) is 0 Å². The van der Waals surface area contributed by atoms with Gasteiger partial charge in [0.05, 0.1) is 0 Å². The normalized spacial score (nSPS) is 11.0. The van der Waals surface area contributed by atoms with Crippen LogP contribution >= 0.6 is 0 Å². The van der Waals surface area contributed by atoms with Gasteiger partial charge in [0.1, 0.15) is 13.2 Å². The molecule has 0 saturated carbocycles. The van der Waals surface area contributed by atoms with Gasteiger partial charge in [0.25, 0.3) is 10.2 Å². The smallest absolute Gasteiger partial charge is 0.330 e. The van der Waals surface area contributed by atoms with Crippen LogP contribution in [-0.4, -0.2) is 35.5 Å². The summed E-state index contributed by atoms with van der Waals surface area (Å²) >= 11 is 0. The van der Waals surface area contributed by atoms with Crippen molar-refractivity contribution in [1.82, 2.24) is 0 Å². The molecule has 0 rings (SSSR count). The fourth-order valence-corrected chi connectivity index (χ4v) is 0.609. The summed E-state index contributed by atoms with van der Waals surface area (Å²) in [5.41, 5.74) is 0. The molecule has 0 spiro atoms. The van der Waals surface area contributed by atoms with Gasteiger partial charge in [0.15, 0.2) is 6.10 Å². The van der Waals surface area contributed by atoms with Crippen molar-refractivity contribution < 1.29 is 29.4 Å². The van der Waals surface area contributed by atoms with E-state index in [1.54, 1.807) is 0 Å². The van der Waals surface area contributed by atoms with Crippen molar-refractivity contribution in [1.29, 1.82) is 0 Å². The summed E-state index contributed by atoms with van der Waals surface area (Å²) in [4.78, 5) is 38.2. The lowest BCUT2D eigenvalue weighted by atomic mass is 10.4. The van der Waals surface area contributed by atoms with Crippen LogP contribution in [0.15, 0.2) is 12.7 Å². The van der Waals surface area contributed by atoms with E-state index in [4.69, 9.17) is 0 Å². The van der Waals surface area contributed by atoms with Crippen molar-refractivity contribution >= 4 is 5.97 Å². The SMILES string of the molecule is C=CC(=O)OCC(CO[N+](=O)[O-])O[N+](=O)[O-]. The Morgan fingerprint density at radius 1 is 1.31 bits per heavy atom. The molecule has 0 bridgehead atoms. The van der Waals surface area contributed by atoms with Crippen LogP contribution in [0.3, 0.4) is 0 Å². The molecule has 10 heteroatoms. The predicted molar refractivity (Wildman–Crippen MR) is 46.0 cm³/mol. The fourth-order valence-electron chi connectivity index (χ4n) is 0.609. The van der Waals surface area contributed by atoms with Gasteiger partial charge in [-0.1, -0.05) is 6.58 Å². The molecule has 0 aromatic rings. The van der Waals surface area contributed by atoms with Crippen molar-refractivity contribution in [2.45, 2.75) is 6.10 Å². The number of esters is 1. The molecule has 0 saturated heterocycles. The molecular formula is C6H8N2O8. The van der Waals surface area contributed by atoms with Gasteiger partial charge in [-0.3, -0.25) is 0 Å². The first-order valence-corrected chi connectivity index (χ1v) is 3.83. The zero-order chi connectivity index (χ0) is 12.6. The summed E-state index contributed by atoms with van der Waals surface area (Å²) in [6.07, 6.45) is -0.540. The number of ether oxygens (including phenoxy) is 1. The number of carbonyl (C=O) groups excluding carboxylic acids is 1. The van der Waals surface area contributed by atoms with Gasteiger partial charge < -0.3 is 14.4 Å². The molecule has 1 atom stereocenters. The maximum absolute atomic E-state index is 10.6. The van der Waals surface area contributed by atoms with Crippen LogP contribution in [0, 0.1) is 20.2 Å². The van der Waals surface area contributed by atoms with Crippen LogP contribution in [-0.2, 0) is 19.2 Å². The first kappa shape index (κ1) is 13.6. The zero-order valence-corrected chi connectivity index (χ0v) is 7.94. The second kappa shape index (κ2) is 6.98. The third-order valence-corrected chi connectivity index (χ3v) is 1.18. The second-order valence-corrected chi connectivity index (χ2v) is 2.30. The Balaban J connectivity index is 4.08. The lowest BCUT2D eigenvalue weighted by Gasteiger charge is -2.12. The third-order valence-electron chi connectivity index (χ3n) is 1.18. The zero-order valence-electron chi connectivity index (χ0n) is 7.94. The highest BCUT2D eigenvalue weighted by Crippen LogP contribution is 1.96. The largest absolute Gasteiger partial charge is 0.460 e. The summed E-state index contributed by atoms with van der Waals surface area (Å²) in [5.74, 6) is -0.835. The molecule has 0 amide bonds. The van der Waals surface area contributed by atoms with E-state index in [0.29, 0.717) is 0 Å². The van der Waals surface area contributed by atoms with E-state index in [0.717, 1.165) is 6.08 Å². The molecule has 0 N–H and O–H groups in total. The first-order chi connectivity index (χ1) is 7.45. The molecule has 0 aliphatic rings. The van der Waals surface area contributed by atoms with E-state index in [2.05, 4.69) is 21.0 Å². The first-order valence-electron chi connectivity index (χ1n) is 3.83. The summed E-state index contributed by atoms with van der Waals surface area (Å²) in [7, 11) is 0. The summed E-state index contributed by atoms with van der Waals surface area (Å²) in [6.45, 7) is 1.81. The maximum atomic E-state index is 10.6. The van der Waals surface area contributed by atoms with Crippen molar-refractivity contribution in [3.05, 3.63) is 32.9 Å². The molecule has 16 heavy (non-hydrogen) atoms. The van der Waals surface area contributed by atoms with Crippen LogP contribution in [0.1, 0.15) is 0 Å². The summed E-state index contributed by atoms with van der Waals surface area (Å²) in [5, 5.41) is 17.5. The number of hydrogen-bond acceptors (Lipinski definition) is 8. The Bertz CT molecular complexity index is 290. The minimum Gasteiger partial charge on any atom is -0.460 e. The second-order valence-electron chi connectivity index (χ2n) is 2.30. The molecule has 90 valence electrons. The van der Waals surface area contributed by atoms with Crippen molar-refractivity contribution in [2.75, 3.05) is 13.2 Å². The Hall–Kier alpha value is -2.39. The molecule has 0 aliphatic heterocycles. The van der Waals surface area contributed by atoms with Crippen molar-refractivity contribution in [3.63, 3.8) is 0 Å². The summed E-state index contributed by atoms with van der Waals surface area (Å²) in [6, 6.07) is 0. The highest BCUT2D eigenvalue weighted by molar-refractivity contribution is 5.81. The monoisotopic (exact) mass is 236 g/mol. The highest BCUT2D eigenvalue weighted by atomic mass is 17.0. The minimum absolute atomic E-state index is 0.556.